The van der Waals surface area contributed by atoms with Gasteiger partial charge in [0.2, 0.25) is 5.91 Å². The molecule has 0 saturated heterocycles. The average molecular weight is 333 g/mol. The van der Waals surface area contributed by atoms with Crippen molar-refractivity contribution in [1.29, 1.82) is 0 Å². The number of carbonyl (C=O) groups excluding carboxylic acids is 2. The lowest BCUT2D eigenvalue weighted by molar-refractivity contribution is -0.206. The standard InChI is InChI=1S/C14H18F3N3O3/c1-9(2)8-11(21)20-13(12(22)23-3,14(15,16)17)19-10-6-4-5-7-18-10/h4-7,9H,8H2,1-3H3,(H,18,19)(H,20,21)/t13-/m1/s1. The first-order valence-corrected chi connectivity index (χ1v) is 6.77. The first kappa shape index (κ1) is 18.7. The van der Waals surface area contributed by atoms with Gasteiger partial charge in [0.25, 0.3) is 0 Å². The minimum atomic E-state index is -5.15. The van der Waals surface area contributed by atoms with Crippen molar-refractivity contribution < 1.29 is 27.5 Å². The molecule has 0 unspecified atom stereocenters. The van der Waals surface area contributed by atoms with E-state index >= 15 is 0 Å². The summed E-state index contributed by atoms with van der Waals surface area (Å²) >= 11 is 0. The smallest absolute Gasteiger partial charge is 0.441 e. The van der Waals surface area contributed by atoms with Crippen LogP contribution in [0.3, 0.4) is 0 Å². The van der Waals surface area contributed by atoms with Gasteiger partial charge in [-0.1, -0.05) is 19.9 Å². The summed E-state index contributed by atoms with van der Waals surface area (Å²) < 4.78 is 45.0. The van der Waals surface area contributed by atoms with Crippen LogP contribution in [0, 0.1) is 5.92 Å². The fraction of sp³-hybridized carbons (Fsp3) is 0.500. The molecule has 2 N–H and O–H groups in total. The van der Waals surface area contributed by atoms with E-state index in [0.29, 0.717) is 0 Å². The summed E-state index contributed by atoms with van der Waals surface area (Å²) in [5.74, 6) is -3.05. The molecule has 0 aliphatic heterocycles. The average Bonchev–Trinajstić information content (AvgIpc) is 2.44. The van der Waals surface area contributed by atoms with Crippen molar-refractivity contribution in [3.8, 4) is 0 Å². The van der Waals surface area contributed by atoms with Gasteiger partial charge in [-0.15, -0.1) is 0 Å². The molecule has 128 valence electrons. The summed E-state index contributed by atoms with van der Waals surface area (Å²) in [5.41, 5.74) is -3.41. The Morgan fingerprint density at radius 1 is 1.30 bits per heavy atom. The highest BCUT2D eigenvalue weighted by molar-refractivity contribution is 5.91. The van der Waals surface area contributed by atoms with Gasteiger partial charge >= 0.3 is 17.8 Å². The lowest BCUT2D eigenvalue weighted by Crippen LogP contribution is -2.69. The first-order chi connectivity index (χ1) is 10.6. The van der Waals surface area contributed by atoms with Crippen LogP contribution in [0.4, 0.5) is 19.0 Å². The largest absolute Gasteiger partial charge is 0.466 e. The van der Waals surface area contributed by atoms with Gasteiger partial charge < -0.3 is 15.4 Å². The molecular formula is C14H18F3N3O3. The Hall–Kier alpha value is -2.32. The number of methoxy groups -OCH3 is 1. The van der Waals surface area contributed by atoms with Crippen LogP contribution in [0.15, 0.2) is 24.4 Å². The van der Waals surface area contributed by atoms with Gasteiger partial charge in [0, 0.05) is 12.6 Å². The van der Waals surface area contributed by atoms with Crippen molar-refractivity contribution in [3.63, 3.8) is 0 Å². The number of amides is 1. The molecule has 0 radical (unpaired) electrons. The Morgan fingerprint density at radius 3 is 2.39 bits per heavy atom. The number of alkyl halides is 3. The van der Waals surface area contributed by atoms with E-state index in [2.05, 4.69) is 9.72 Å². The lowest BCUT2D eigenvalue weighted by Gasteiger charge is -2.34. The Bertz CT molecular complexity index is 549. The summed E-state index contributed by atoms with van der Waals surface area (Å²) in [7, 11) is 0.803. The summed E-state index contributed by atoms with van der Waals surface area (Å²) in [4.78, 5) is 27.4. The van der Waals surface area contributed by atoms with Crippen molar-refractivity contribution >= 4 is 17.7 Å². The van der Waals surface area contributed by atoms with E-state index in [1.807, 2.05) is 5.32 Å². The Balaban J connectivity index is 3.25. The number of hydrogen-bond acceptors (Lipinski definition) is 5. The number of ether oxygens (including phenoxy) is 1. The van der Waals surface area contributed by atoms with E-state index in [1.54, 1.807) is 19.2 Å². The summed E-state index contributed by atoms with van der Waals surface area (Å²) in [6.45, 7) is 3.33. The molecule has 0 aliphatic carbocycles. The summed E-state index contributed by atoms with van der Waals surface area (Å²) in [5, 5.41) is 3.66. The number of hydrogen-bond donors (Lipinski definition) is 2. The topological polar surface area (TPSA) is 80.3 Å². The number of nitrogens with zero attached hydrogens (tertiary/aromatic N) is 1. The Labute approximate surface area is 131 Å². The molecule has 6 nitrogen and oxygen atoms in total. The number of aromatic nitrogens is 1. The molecular weight excluding hydrogens is 315 g/mol. The van der Waals surface area contributed by atoms with Crippen LogP contribution in [0.25, 0.3) is 0 Å². The Kier molecular flexibility index (Phi) is 5.94. The first-order valence-electron chi connectivity index (χ1n) is 6.77. The highest BCUT2D eigenvalue weighted by Crippen LogP contribution is 2.32. The normalized spacial score (nSPS) is 14.0. The summed E-state index contributed by atoms with van der Waals surface area (Å²) in [6.07, 6.45) is -4.08. The lowest BCUT2D eigenvalue weighted by atomic mass is 10.1. The zero-order valence-electron chi connectivity index (χ0n) is 12.9. The monoisotopic (exact) mass is 333 g/mol. The van der Waals surface area contributed by atoms with Gasteiger partial charge in [-0.3, -0.25) is 4.79 Å². The maximum atomic E-state index is 13.6. The number of halogens is 3. The maximum Gasteiger partial charge on any atom is 0.441 e. The fourth-order valence-electron chi connectivity index (χ4n) is 1.80. The molecule has 0 fully saturated rings. The molecule has 0 saturated carbocycles. The number of rotatable bonds is 6. The van der Waals surface area contributed by atoms with Crippen molar-refractivity contribution in [3.05, 3.63) is 24.4 Å². The van der Waals surface area contributed by atoms with Crippen LogP contribution in [0.2, 0.25) is 0 Å². The number of pyridine rings is 1. The SMILES string of the molecule is COC(=O)[C@](NC(=O)CC(C)C)(Nc1ccccn1)C(F)(F)F. The van der Waals surface area contributed by atoms with Crippen LogP contribution < -0.4 is 10.6 Å². The molecule has 1 aromatic rings. The molecule has 0 spiro atoms. The third kappa shape index (κ3) is 4.57. The molecule has 1 aromatic heterocycles. The molecule has 1 amide bonds. The third-order valence-corrected chi connectivity index (χ3v) is 2.82. The van der Waals surface area contributed by atoms with E-state index in [4.69, 9.17) is 0 Å². The van der Waals surface area contributed by atoms with E-state index in [-0.39, 0.29) is 18.2 Å². The maximum absolute atomic E-state index is 13.6. The number of nitrogens with one attached hydrogen (secondary N) is 2. The van der Waals surface area contributed by atoms with E-state index in [9.17, 15) is 22.8 Å². The van der Waals surface area contributed by atoms with Gasteiger partial charge in [0.1, 0.15) is 5.82 Å². The van der Waals surface area contributed by atoms with Gasteiger partial charge in [-0.25, -0.2) is 9.78 Å². The van der Waals surface area contributed by atoms with Crippen molar-refractivity contribution in [2.45, 2.75) is 32.1 Å². The van der Waals surface area contributed by atoms with Gasteiger partial charge in [0.05, 0.1) is 7.11 Å². The second-order valence-electron chi connectivity index (χ2n) is 5.23. The highest BCUT2D eigenvalue weighted by Gasteiger charge is 2.63. The van der Waals surface area contributed by atoms with Crippen LogP contribution in [0.1, 0.15) is 20.3 Å². The minimum Gasteiger partial charge on any atom is -0.466 e. The number of anilines is 1. The fourth-order valence-corrected chi connectivity index (χ4v) is 1.80. The number of carbonyl (C=O) groups is 2. The molecule has 0 bridgehead atoms. The predicted molar refractivity (Wildman–Crippen MR) is 76.3 cm³/mol. The van der Waals surface area contributed by atoms with Crippen LogP contribution in [-0.4, -0.2) is 35.8 Å². The zero-order chi connectivity index (χ0) is 17.7. The third-order valence-electron chi connectivity index (χ3n) is 2.82. The van der Waals surface area contributed by atoms with Crippen molar-refractivity contribution in [1.82, 2.24) is 10.3 Å². The van der Waals surface area contributed by atoms with E-state index < -0.39 is 23.7 Å². The molecule has 23 heavy (non-hydrogen) atoms. The minimum absolute atomic E-state index is 0.182. The molecule has 1 atom stereocenters. The quantitative estimate of drug-likeness (QED) is 0.615. The van der Waals surface area contributed by atoms with Gasteiger partial charge in [0.15, 0.2) is 0 Å². The highest BCUT2D eigenvalue weighted by atomic mass is 19.4. The van der Waals surface area contributed by atoms with Crippen LogP contribution >= 0.6 is 0 Å². The van der Waals surface area contributed by atoms with E-state index in [0.717, 1.165) is 7.11 Å². The Morgan fingerprint density at radius 2 is 1.96 bits per heavy atom. The second kappa shape index (κ2) is 7.30. The predicted octanol–water partition coefficient (Wildman–Crippen LogP) is 2.09. The van der Waals surface area contributed by atoms with Crippen molar-refractivity contribution in [2.24, 2.45) is 5.92 Å². The van der Waals surface area contributed by atoms with Crippen molar-refractivity contribution in [2.75, 3.05) is 12.4 Å². The molecule has 1 rings (SSSR count). The van der Waals surface area contributed by atoms with Gasteiger partial charge in [-0.2, -0.15) is 13.2 Å². The summed E-state index contributed by atoms with van der Waals surface area (Å²) in [6, 6.07) is 4.16. The molecule has 0 aromatic carbocycles. The molecule has 9 heteroatoms. The van der Waals surface area contributed by atoms with E-state index in [1.165, 1.54) is 24.4 Å². The van der Waals surface area contributed by atoms with Crippen LogP contribution in [-0.2, 0) is 14.3 Å². The molecule has 0 aliphatic rings. The number of esters is 1. The zero-order valence-corrected chi connectivity index (χ0v) is 12.9. The van der Waals surface area contributed by atoms with Crippen LogP contribution in [0.5, 0.6) is 0 Å². The van der Waals surface area contributed by atoms with Gasteiger partial charge in [-0.05, 0) is 18.1 Å². The molecule has 1 heterocycles. The second-order valence-corrected chi connectivity index (χ2v) is 5.23.